The fourth-order valence-corrected chi connectivity index (χ4v) is 10.5. The van der Waals surface area contributed by atoms with Crippen molar-refractivity contribution in [2.75, 3.05) is 0 Å². The van der Waals surface area contributed by atoms with Crippen LogP contribution in [0.1, 0.15) is 0 Å². The van der Waals surface area contributed by atoms with Crippen molar-refractivity contribution >= 4 is 87.1 Å². The Morgan fingerprint density at radius 1 is 0.262 bits per heavy atom. The molecule has 4 heterocycles. The van der Waals surface area contributed by atoms with E-state index in [9.17, 15) is 0 Å². The van der Waals surface area contributed by atoms with Crippen molar-refractivity contribution in [3.8, 4) is 39.7 Å². The summed E-state index contributed by atoms with van der Waals surface area (Å²) in [5.41, 5.74) is 14.1. The molecule has 0 aliphatic carbocycles. The van der Waals surface area contributed by atoms with Crippen molar-refractivity contribution in [2.24, 2.45) is 0 Å². The largest absolute Gasteiger partial charge is 0.309 e. The Labute approximate surface area is 373 Å². The first-order valence-electron chi connectivity index (χ1n) is 22.2. The summed E-state index contributed by atoms with van der Waals surface area (Å²) in [5.74, 6) is 0.687. The highest BCUT2D eigenvalue weighted by Gasteiger charge is 2.20. The molecule has 0 bridgehead atoms. The van der Waals surface area contributed by atoms with Crippen LogP contribution in [-0.2, 0) is 0 Å². The predicted molar refractivity (Wildman–Crippen MR) is 271 cm³/mol. The monoisotopic (exact) mass is 827 g/mol. The third-order valence-corrected chi connectivity index (χ3v) is 13.4. The zero-order valence-corrected chi connectivity index (χ0v) is 35.1. The predicted octanol–water partition coefficient (Wildman–Crippen LogP) is 15.4. The molecular weight excluding hydrogens is 791 g/mol. The van der Waals surface area contributed by atoms with Gasteiger partial charge in [0.15, 0.2) is 5.82 Å². The van der Waals surface area contributed by atoms with Gasteiger partial charge in [0.05, 0.1) is 44.3 Å². The first kappa shape index (κ1) is 35.8. The highest BCUT2D eigenvalue weighted by Crippen LogP contribution is 2.40. The summed E-state index contributed by atoms with van der Waals surface area (Å²) in [5, 5.41) is 10.6. The molecular formula is C60H37N5. The van der Waals surface area contributed by atoms with Gasteiger partial charge in [-0.2, -0.15) is 0 Å². The lowest BCUT2D eigenvalue weighted by molar-refractivity contribution is 1.14. The van der Waals surface area contributed by atoms with Crippen molar-refractivity contribution < 1.29 is 0 Å². The van der Waals surface area contributed by atoms with Gasteiger partial charge < -0.3 is 13.7 Å². The number of hydrogen-bond acceptors (Lipinski definition) is 2. The van der Waals surface area contributed by atoms with Crippen LogP contribution >= 0.6 is 0 Å². The van der Waals surface area contributed by atoms with E-state index in [-0.39, 0.29) is 0 Å². The van der Waals surface area contributed by atoms with Crippen LogP contribution in [0.4, 0.5) is 0 Å². The van der Waals surface area contributed by atoms with Gasteiger partial charge in [0.1, 0.15) is 0 Å². The molecule has 14 aromatic rings. The molecule has 14 rings (SSSR count). The molecule has 5 heteroatoms. The number of nitrogens with zero attached hydrogens (tertiary/aromatic N) is 5. The Morgan fingerprint density at radius 3 is 1.26 bits per heavy atom. The Bertz CT molecular complexity index is 3970. The quantitative estimate of drug-likeness (QED) is 0.162. The number of aromatic nitrogens is 5. The van der Waals surface area contributed by atoms with E-state index in [2.05, 4.69) is 238 Å². The molecule has 0 atom stereocenters. The molecule has 0 spiro atoms. The number of fused-ring (bicyclic) bond motifs is 12. The molecule has 65 heavy (non-hydrogen) atoms. The number of benzene rings is 10. The van der Waals surface area contributed by atoms with E-state index in [0.717, 1.165) is 66.6 Å². The Morgan fingerprint density at radius 2 is 0.692 bits per heavy atom. The van der Waals surface area contributed by atoms with Crippen LogP contribution in [-0.4, -0.2) is 23.7 Å². The second-order valence-corrected chi connectivity index (χ2v) is 17.0. The lowest BCUT2D eigenvalue weighted by atomic mass is 10.0. The zero-order valence-electron chi connectivity index (χ0n) is 35.1. The molecule has 302 valence electrons. The van der Waals surface area contributed by atoms with E-state index in [4.69, 9.17) is 9.97 Å². The van der Waals surface area contributed by atoms with E-state index in [1.165, 1.54) is 54.4 Å². The first-order chi connectivity index (χ1) is 32.2. The lowest BCUT2D eigenvalue weighted by Gasteiger charge is -2.14. The van der Waals surface area contributed by atoms with E-state index in [0.29, 0.717) is 5.82 Å². The van der Waals surface area contributed by atoms with E-state index >= 15 is 0 Å². The van der Waals surface area contributed by atoms with Gasteiger partial charge in [0, 0.05) is 71.3 Å². The third kappa shape index (κ3) is 5.33. The van der Waals surface area contributed by atoms with Crippen LogP contribution in [0.3, 0.4) is 0 Å². The maximum atomic E-state index is 5.39. The average molecular weight is 828 g/mol. The summed E-state index contributed by atoms with van der Waals surface area (Å²) < 4.78 is 7.26. The summed E-state index contributed by atoms with van der Waals surface area (Å²) in [6.45, 7) is 0. The average Bonchev–Trinajstić information content (AvgIpc) is 4.01. The van der Waals surface area contributed by atoms with Crippen molar-refractivity contribution in [1.82, 2.24) is 23.7 Å². The molecule has 4 aromatic heterocycles. The van der Waals surface area contributed by atoms with Crippen LogP contribution < -0.4 is 0 Å². The summed E-state index contributed by atoms with van der Waals surface area (Å²) in [6.07, 6.45) is 0. The third-order valence-electron chi connectivity index (χ3n) is 13.4. The van der Waals surface area contributed by atoms with E-state index < -0.39 is 0 Å². The molecule has 0 aliphatic rings. The molecule has 0 aliphatic heterocycles. The van der Waals surface area contributed by atoms with Crippen molar-refractivity contribution in [2.45, 2.75) is 0 Å². The summed E-state index contributed by atoms with van der Waals surface area (Å²) in [4.78, 5) is 10.8. The fourth-order valence-electron chi connectivity index (χ4n) is 10.5. The number of para-hydroxylation sites is 4. The second-order valence-electron chi connectivity index (χ2n) is 17.0. The van der Waals surface area contributed by atoms with Crippen LogP contribution in [0, 0.1) is 0 Å². The molecule has 10 aromatic carbocycles. The molecule has 5 nitrogen and oxygen atoms in total. The SMILES string of the molecule is c1ccc(-c2nc(-c3cccc(-n4c5cc(-n6c7ccccc7c7ccccc76)ccc5c5ccc(-n6c7ccccc7c7ccccc76)cc54)c3)nc3c2ccc2ccccc23)cc1. The molecule has 0 unspecified atom stereocenters. The van der Waals surface area contributed by atoms with Gasteiger partial charge in [-0.3, -0.25) is 0 Å². The Balaban J connectivity index is 1.05. The first-order valence-corrected chi connectivity index (χ1v) is 22.2. The van der Waals surface area contributed by atoms with Crippen LogP contribution in [0.15, 0.2) is 224 Å². The minimum absolute atomic E-state index is 0.687. The highest BCUT2D eigenvalue weighted by atomic mass is 15.0. The smallest absolute Gasteiger partial charge is 0.160 e. The fraction of sp³-hybridized carbons (Fsp3) is 0. The van der Waals surface area contributed by atoms with Crippen molar-refractivity contribution in [3.63, 3.8) is 0 Å². The van der Waals surface area contributed by atoms with Crippen LogP contribution in [0.2, 0.25) is 0 Å². The lowest BCUT2D eigenvalue weighted by Crippen LogP contribution is -2.00. The van der Waals surface area contributed by atoms with Gasteiger partial charge in [-0.1, -0.05) is 158 Å². The topological polar surface area (TPSA) is 40.6 Å². The minimum atomic E-state index is 0.687. The summed E-state index contributed by atoms with van der Waals surface area (Å²) >= 11 is 0. The normalized spacial score (nSPS) is 12.0. The summed E-state index contributed by atoms with van der Waals surface area (Å²) in [6, 6.07) is 80.9. The summed E-state index contributed by atoms with van der Waals surface area (Å²) in [7, 11) is 0. The van der Waals surface area contributed by atoms with Crippen molar-refractivity contribution in [3.05, 3.63) is 224 Å². The number of hydrogen-bond donors (Lipinski definition) is 0. The Hall–Kier alpha value is -8.80. The molecule has 0 fully saturated rings. The molecule has 0 N–H and O–H groups in total. The van der Waals surface area contributed by atoms with E-state index in [1.807, 2.05) is 0 Å². The molecule has 0 saturated carbocycles. The zero-order chi connectivity index (χ0) is 42.6. The Kier molecular flexibility index (Phi) is 7.62. The molecule has 0 saturated heterocycles. The van der Waals surface area contributed by atoms with Gasteiger partial charge in [-0.25, -0.2) is 9.97 Å². The second kappa shape index (κ2) is 13.9. The van der Waals surface area contributed by atoms with Gasteiger partial charge in [-0.15, -0.1) is 0 Å². The van der Waals surface area contributed by atoms with Gasteiger partial charge in [0.25, 0.3) is 0 Å². The maximum Gasteiger partial charge on any atom is 0.160 e. The van der Waals surface area contributed by atoms with E-state index in [1.54, 1.807) is 0 Å². The van der Waals surface area contributed by atoms with Crippen LogP contribution in [0.5, 0.6) is 0 Å². The van der Waals surface area contributed by atoms with Crippen molar-refractivity contribution in [1.29, 1.82) is 0 Å². The standard InChI is InChI=1S/C60H37N5/c1-2-16-39(17-3-1)58-51-32-29-38-15-4-5-20-44(38)59(51)62-60(61-58)40-18-14-19-41(35-40)65-56-36-42(63-52-25-10-6-21-45(52)46-22-7-11-26-53(46)63)30-33-49(56)50-34-31-43(37-57(50)65)64-54-27-12-8-23-47(54)48-24-9-13-28-55(48)64/h1-37H. The van der Waals surface area contributed by atoms with Gasteiger partial charge in [0.2, 0.25) is 0 Å². The minimum Gasteiger partial charge on any atom is -0.309 e. The van der Waals surface area contributed by atoms with Gasteiger partial charge >= 0.3 is 0 Å². The molecule has 0 radical (unpaired) electrons. The number of rotatable bonds is 5. The maximum absolute atomic E-state index is 5.39. The highest BCUT2D eigenvalue weighted by molar-refractivity contribution is 6.14. The molecule has 0 amide bonds. The van der Waals surface area contributed by atoms with Gasteiger partial charge in [-0.05, 0) is 72.1 Å². The van der Waals surface area contributed by atoms with Crippen LogP contribution in [0.25, 0.3) is 127 Å².